The second-order valence-corrected chi connectivity index (χ2v) is 4.01. The highest BCUT2D eigenvalue weighted by atomic mass is 79.9. The number of rotatable bonds is 0. The summed E-state index contributed by atoms with van der Waals surface area (Å²) in [5, 5.41) is 0. The molecule has 1 saturated heterocycles. The van der Waals surface area contributed by atoms with E-state index < -0.39 is 0 Å². The van der Waals surface area contributed by atoms with Gasteiger partial charge >= 0.3 is 0 Å². The molecule has 0 spiro atoms. The summed E-state index contributed by atoms with van der Waals surface area (Å²) in [5.41, 5.74) is 0. The molecule has 1 heterocycles. The minimum atomic E-state index is 0.140. The highest BCUT2D eigenvalue weighted by Gasteiger charge is 2.18. The first kappa shape index (κ1) is 6.62. The molecule has 0 radical (unpaired) electrons. The van der Waals surface area contributed by atoms with Crippen LogP contribution in [-0.4, -0.2) is 22.1 Å². The third-order valence-electron chi connectivity index (χ3n) is 1.11. The van der Waals surface area contributed by atoms with Crippen LogP contribution in [-0.2, 0) is 4.79 Å². The molecule has 0 saturated carbocycles. The van der Waals surface area contributed by atoms with E-state index in [1.165, 1.54) is 0 Å². The topological polar surface area (TPSA) is 17.1 Å². The lowest BCUT2D eigenvalue weighted by atomic mass is 10.2. The van der Waals surface area contributed by atoms with E-state index in [4.69, 9.17) is 0 Å². The van der Waals surface area contributed by atoms with Crippen LogP contribution in [0.15, 0.2) is 0 Å². The summed E-state index contributed by atoms with van der Waals surface area (Å²) in [6, 6.07) is 0. The minimum absolute atomic E-state index is 0.140. The Labute approximate surface area is 61.3 Å². The molecule has 0 N–H and O–H groups in total. The first-order chi connectivity index (χ1) is 3.80. The van der Waals surface area contributed by atoms with Crippen LogP contribution < -0.4 is 0 Å². The van der Waals surface area contributed by atoms with Gasteiger partial charge in [-0.1, -0.05) is 15.9 Å². The van der Waals surface area contributed by atoms with Crippen molar-refractivity contribution in [1.82, 2.24) is 0 Å². The maximum absolute atomic E-state index is 10.7. The van der Waals surface area contributed by atoms with Crippen molar-refractivity contribution in [2.24, 2.45) is 0 Å². The maximum Gasteiger partial charge on any atom is 0.148 e. The smallest absolute Gasteiger partial charge is 0.148 e. The van der Waals surface area contributed by atoms with Gasteiger partial charge in [-0.2, -0.15) is 11.8 Å². The Morgan fingerprint density at radius 3 is 2.88 bits per heavy atom. The van der Waals surface area contributed by atoms with Crippen molar-refractivity contribution in [3.8, 4) is 0 Å². The zero-order valence-corrected chi connectivity index (χ0v) is 6.80. The molecule has 1 rings (SSSR count). The molecule has 46 valence electrons. The van der Waals surface area contributed by atoms with Crippen LogP contribution in [0.25, 0.3) is 0 Å². The van der Waals surface area contributed by atoms with Gasteiger partial charge in [0.25, 0.3) is 0 Å². The van der Waals surface area contributed by atoms with Gasteiger partial charge in [-0.15, -0.1) is 0 Å². The molecule has 1 nitrogen and oxygen atoms in total. The lowest BCUT2D eigenvalue weighted by Gasteiger charge is -2.12. The van der Waals surface area contributed by atoms with Crippen LogP contribution in [0.1, 0.15) is 6.42 Å². The summed E-state index contributed by atoms with van der Waals surface area (Å²) in [6.07, 6.45) is 0.751. The van der Waals surface area contributed by atoms with E-state index in [1.807, 2.05) is 11.8 Å². The van der Waals surface area contributed by atoms with Crippen LogP contribution in [0, 0.1) is 0 Å². The number of ketones is 1. The molecular weight excluding hydrogens is 188 g/mol. The Morgan fingerprint density at radius 1 is 1.75 bits per heavy atom. The van der Waals surface area contributed by atoms with Gasteiger partial charge in [0.1, 0.15) is 5.78 Å². The predicted molar refractivity (Wildman–Crippen MR) is 39.7 cm³/mol. The predicted octanol–water partition coefficient (Wildman–Crippen LogP) is 1.46. The first-order valence-electron chi connectivity index (χ1n) is 2.55. The van der Waals surface area contributed by atoms with Gasteiger partial charge in [-0.25, -0.2) is 0 Å². The van der Waals surface area contributed by atoms with E-state index >= 15 is 0 Å². The summed E-state index contributed by atoms with van der Waals surface area (Å²) in [5.74, 6) is 2.34. The lowest BCUT2D eigenvalue weighted by Crippen LogP contribution is -2.21. The van der Waals surface area contributed by atoms with E-state index in [2.05, 4.69) is 15.9 Å². The Hall–Kier alpha value is 0.500. The third kappa shape index (κ3) is 1.49. The van der Waals surface area contributed by atoms with Gasteiger partial charge in [-0.3, -0.25) is 4.79 Å². The number of hydrogen-bond donors (Lipinski definition) is 0. The summed E-state index contributed by atoms with van der Waals surface area (Å²) < 4.78 is 0. The number of Topliss-reactive ketones (excluding diaryl/α,β-unsaturated/α-hetero) is 1. The van der Waals surface area contributed by atoms with E-state index in [9.17, 15) is 4.79 Å². The summed E-state index contributed by atoms with van der Waals surface area (Å²) >= 11 is 5.12. The monoisotopic (exact) mass is 194 g/mol. The molecule has 0 aromatic carbocycles. The van der Waals surface area contributed by atoms with Crippen molar-refractivity contribution >= 4 is 33.5 Å². The molecule has 0 aliphatic carbocycles. The molecule has 0 aromatic heterocycles. The fourth-order valence-electron chi connectivity index (χ4n) is 0.609. The quantitative estimate of drug-likeness (QED) is 0.544. The van der Waals surface area contributed by atoms with E-state index in [1.54, 1.807) is 0 Å². The molecule has 1 aliphatic heterocycles. The second-order valence-electron chi connectivity index (χ2n) is 1.76. The molecule has 0 unspecified atom stereocenters. The van der Waals surface area contributed by atoms with Gasteiger partial charge in [0.2, 0.25) is 0 Å². The van der Waals surface area contributed by atoms with E-state index in [0.717, 1.165) is 17.9 Å². The SMILES string of the molecule is O=C1CCSC[C@H]1Br. The van der Waals surface area contributed by atoms with Gasteiger partial charge in [0.05, 0.1) is 4.83 Å². The minimum Gasteiger partial charge on any atom is -0.298 e. The Balaban J connectivity index is 2.39. The zero-order chi connectivity index (χ0) is 5.98. The largest absolute Gasteiger partial charge is 0.298 e. The van der Waals surface area contributed by atoms with Crippen LogP contribution in [0.2, 0.25) is 0 Å². The number of carbonyl (C=O) groups excluding carboxylic acids is 1. The average Bonchev–Trinajstić information content (AvgIpc) is 1.77. The number of halogens is 1. The molecular formula is C5H7BrOS. The molecule has 0 aromatic rings. The van der Waals surface area contributed by atoms with Crippen molar-refractivity contribution in [3.63, 3.8) is 0 Å². The summed E-state index contributed by atoms with van der Waals surface area (Å²) in [4.78, 5) is 10.9. The van der Waals surface area contributed by atoms with Crippen LogP contribution >= 0.6 is 27.7 Å². The maximum atomic E-state index is 10.7. The highest BCUT2D eigenvalue weighted by molar-refractivity contribution is 9.10. The Kier molecular flexibility index (Phi) is 2.38. The molecule has 0 bridgehead atoms. The van der Waals surface area contributed by atoms with E-state index in [-0.39, 0.29) is 4.83 Å². The van der Waals surface area contributed by atoms with Gasteiger partial charge < -0.3 is 0 Å². The fraction of sp³-hybridized carbons (Fsp3) is 0.800. The zero-order valence-electron chi connectivity index (χ0n) is 4.39. The molecule has 0 amide bonds. The van der Waals surface area contributed by atoms with Gasteiger partial charge in [0, 0.05) is 17.9 Å². The van der Waals surface area contributed by atoms with Crippen molar-refractivity contribution in [2.45, 2.75) is 11.2 Å². The molecule has 1 fully saturated rings. The first-order valence-corrected chi connectivity index (χ1v) is 4.62. The van der Waals surface area contributed by atoms with Gasteiger partial charge in [0.15, 0.2) is 0 Å². The van der Waals surface area contributed by atoms with Crippen LogP contribution in [0.5, 0.6) is 0 Å². The van der Waals surface area contributed by atoms with Crippen molar-refractivity contribution in [1.29, 1.82) is 0 Å². The van der Waals surface area contributed by atoms with Crippen LogP contribution in [0.4, 0.5) is 0 Å². The number of alkyl halides is 1. The third-order valence-corrected chi connectivity index (χ3v) is 3.43. The van der Waals surface area contributed by atoms with Crippen molar-refractivity contribution in [2.75, 3.05) is 11.5 Å². The summed E-state index contributed by atoms with van der Waals surface area (Å²) in [7, 11) is 0. The van der Waals surface area contributed by atoms with Crippen LogP contribution in [0.3, 0.4) is 0 Å². The van der Waals surface area contributed by atoms with E-state index in [0.29, 0.717) is 5.78 Å². The Bertz CT molecular complexity index is 105. The Morgan fingerprint density at radius 2 is 2.50 bits per heavy atom. The molecule has 3 heteroatoms. The normalized spacial score (nSPS) is 30.6. The molecule has 1 atom stereocenters. The number of hydrogen-bond acceptors (Lipinski definition) is 2. The average molecular weight is 195 g/mol. The fourth-order valence-corrected chi connectivity index (χ4v) is 2.30. The summed E-state index contributed by atoms with van der Waals surface area (Å²) in [6.45, 7) is 0. The van der Waals surface area contributed by atoms with Crippen molar-refractivity contribution in [3.05, 3.63) is 0 Å². The standard InChI is InChI=1S/C5H7BrOS/c6-4-3-8-2-1-5(4)7/h4H,1-3H2/t4-/m1/s1. The second kappa shape index (κ2) is 2.87. The molecule has 8 heavy (non-hydrogen) atoms. The van der Waals surface area contributed by atoms with Gasteiger partial charge in [-0.05, 0) is 0 Å². The molecule has 1 aliphatic rings. The number of thioether (sulfide) groups is 1. The van der Waals surface area contributed by atoms with Crippen molar-refractivity contribution < 1.29 is 4.79 Å². The lowest BCUT2D eigenvalue weighted by molar-refractivity contribution is -0.117. The highest BCUT2D eigenvalue weighted by Crippen LogP contribution is 2.19. The number of carbonyl (C=O) groups is 1.